The molecule has 0 radical (unpaired) electrons. The van der Waals surface area contributed by atoms with Crippen molar-refractivity contribution in [2.45, 2.75) is 44.2 Å². The smallest absolute Gasteiger partial charge is 0.210 e. The lowest BCUT2D eigenvalue weighted by molar-refractivity contribution is 0.384. The number of nitrogens with one attached hydrogen (secondary N) is 2. The van der Waals surface area contributed by atoms with E-state index in [1.165, 1.54) is 18.7 Å². The van der Waals surface area contributed by atoms with Gasteiger partial charge < -0.3 is 15.4 Å². The van der Waals surface area contributed by atoms with Crippen LogP contribution in [0, 0.1) is 5.82 Å². The van der Waals surface area contributed by atoms with Crippen LogP contribution >= 0.6 is 0 Å². The van der Waals surface area contributed by atoms with Gasteiger partial charge in [0, 0.05) is 24.8 Å². The third kappa shape index (κ3) is 6.13. The van der Waals surface area contributed by atoms with E-state index in [2.05, 4.69) is 22.5 Å². The number of sulfonamides is 1. The molecule has 1 fully saturated rings. The van der Waals surface area contributed by atoms with Crippen molar-refractivity contribution in [1.29, 1.82) is 0 Å². The molecule has 1 unspecified atom stereocenters. The fourth-order valence-electron chi connectivity index (χ4n) is 3.90. The standard InChI is InChI=1S/C21H29FN4O3S/c1-14(15-4-7-19(22)20(12-15)29-2)26-18-6-3-16(11-18)17-5-8-21(25-13-17)24-9-10-30(23,27)28/h4-5,7-8,12-14,16,18,26H,3,6,9-11H2,1-2H3,(H,24,25)(H2,23,27,28)/t14?,16-,18+/m1/s1. The Morgan fingerprint density at radius 3 is 2.77 bits per heavy atom. The molecule has 1 aliphatic carbocycles. The summed E-state index contributed by atoms with van der Waals surface area (Å²) in [6, 6.07) is 9.33. The molecule has 30 heavy (non-hydrogen) atoms. The first kappa shape index (κ1) is 22.5. The van der Waals surface area contributed by atoms with Gasteiger partial charge >= 0.3 is 0 Å². The molecule has 7 nitrogen and oxygen atoms in total. The zero-order valence-electron chi connectivity index (χ0n) is 17.3. The Morgan fingerprint density at radius 2 is 2.10 bits per heavy atom. The number of methoxy groups -OCH3 is 1. The van der Waals surface area contributed by atoms with Crippen LogP contribution in [0.5, 0.6) is 5.75 Å². The predicted molar refractivity (Wildman–Crippen MR) is 116 cm³/mol. The second-order valence-corrected chi connectivity index (χ2v) is 9.49. The van der Waals surface area contributed by atoms with Gasteiger partial charge in [0.05, 0.1) is 12.9 Å². The first-order chi connectivity index (χ1) is 14.2. The molecule has 0 amide bonds. The first-order valence-corrected chi connectivity index (χ1v) is 11.8. The largest absolute Gasteiger partial charge is 0.494 e. The summed E-state index contributed by atoms with van der Waals surface area (Å²) < 4.78 is 40.7. The Hall–Kier alpha value is -2.23. The van der Waals surface area contributed by atoms with E-state index in [1.807, 2.05) is 18.3 Å². The van der Waals surface area contributed by atoms with Gasteiger partial charge in [-0.25, -0.2) is 22.9 Å². The number of ether oxygens (including phenoxy) is 1. The second kappa shape index (κ2) is 9.72. The highest BCUT2D eigenvalue weighted by Gasteiger charge is 2.27. The van der Waals surface area contributed by atoms with Gasteiger partial charge in [-0.1, -0.05) is 12.1 Å². The fraction of sp³-hybridized carbons (Fsp3) is 0.476. The number of hydrogen-bond acceptors (Lipinski definition) is 6. The minimum atomic E-state index is -3.48. The summed E-state index contributed by atoms with van der Waals surface area (Å²) in [7, 11) is -2.01. The number of nitrogens with two attached hydrogens (primary N) is 1. The normalized spacial score (nSPS) is 20.1. The molecule has 1 aromatic heterocycles. The minimum absolute atomic E-state index is 0.0896. The van der Waals surface area contributed by atoms with E-state index < -0.39 is 10.0 Å². The summed E-state index contributed by atoms with van der Waals surface area (Å²) in [5, 5.41) is 11.6. The number of hydrogen-bond donors (Lipinski definition) is 3. The van der Waals surface area contributed by atoms with Crippen LogP contribution in [0.3, 0.4) is 0 Å². The van der Waals surface area contributed by atoms with E-state index in [0.29, 0.717) is 17.8 Å². The van der Waals surface area contributed by atoms with Crippen LogP contribution < -0.4 is 20.5 Å². The topological polar surface area (TPSA) is 106 Å². The molecule has 0 aliphatic heterocycles. The molecule has 4 N–H and O–H groups in total. The highest BCUT2D eigenvalue weighted by Crippen LogP contribution is 2.35. The maximum atomic E-state index is 13.6. The lowest BCUT2D eigenvalue weighted by Gasteiger charge is -2.21. The molecule has 3 atom stereocenters. The predicted octanol–water partition coefficient (Wildman–Crippen LogP) is 2.92. The number of anilines is 1. The molecule has 1 heterocycles. The van der Waals surface area contributed by atoms with Crippen molar-refractivity contribution in [3.63, 3.8) is 0 Å². The van der Waals surface area contributed by atoms with E-state index in [4.69, 9.17) is 9.88 Å². The molecule has 1 aromatic carbocycles. The van der Waals surface area contributed by atoms with Crippen molar-refractivity contribution in [3.8, 4) is 5.75 Å². The van der Waals surface area contributed by atoms with Crippen molar-refractivity contribution in [3.05, 3.63) is 53.5 Å². The highest BCUT2D eigenvalue weighted by atomic mass is 32.2. The molecule has 3 rings (SSSR count). The molecule has 0 spiro atoms. The van der Waals surface area contributed by atoms with Gasteiger partial charge in [0.1, 0.15) is 5.82 Å². The van der Waals surface area contributed by atoms with Gasteiger partial charge in [-0.05, 0) is 61.4 Å². The zero-order chi connectivity index (χ0) is 21.7. The van der Waals surface area contributed by atoms with Gasteiger partial charge in [0.15, 0.2) is 11.6 Å². The SMILES string of the molecule is COc1cc(C(C)N[C@H]2CC[C@@H](c3ccc(NCCS(N)(=O)=O)nc3)C2)ccc1F. The number of nitrogens with zero attached hydrogens (tertiary/aromatic N) is 1. The van der Waals surface area contributed by atoms with Gasteiger partial charge in [-0.15, -0.1) is 0 Å². The molecular formula is C21H29FN4O3S. The van der Waals surface area contributed by atoms with Crippen molar-refractivity contribution >= 4 is 15.8 Å². The van der Waals surface area contributed by atoms with Gasteiger partial charge in [-0.3, -0.25) is 0 Å². The minimum Gasteiger partial charge on any atom is -0.494 e. The molecule has 1 aliphatic rings. The van der Waals surface area contributed by atoms with Crippen LogP contribution in [0.4, 0.5) is 10.2 Å². The van der Waals surface area contributed by atoms with Crippen LogP contribution in [0.2, 0.25) is 0 Å². The molecule has 0 bridgehead atoms. The Balaban J connectivity index is 1.52. The van der Waals surface area contributed by atoms with Gasteiger partial charge in [0.25, 0.3) is 0 Å². The Kier molecular flexibility index (Phi) is 7.27. The number of pyridine rings is 1. The van der Waals surface area contributed by atoms with E-state index in [1.54, 1.807) is 12.1 Å². The van der Waals surface area contributed by atoms with Crippen molar-refractivity contribution in [1.82, 2.24) is 10.3 Å². The molecule has 0 saturated heterocycles. The average molecular weight is 437 g/mol. The zero-order valence-corrected chi connectivity index (χ0v) is 18.1. The van der Waals surface area contributed by atoms with Crippen molar-refractivity contribution in [2.75, 3.05) is 24.7 Å². The number of primary sulfonamides is 1. The average Bonchev–Trinajstić information content (AvgIpc) is 3.16. The lowest BCUT2D eigenvalue weighted by atomic mass is 9.99. The monoisotopic (exact) mass is 436 g/mol. The number of aromatic nitrogens is 1. The molecule has 1 saturated carbocycles. The Labute approximate surface area is 177 Å². The summed E-state index contributed by atoms with van der Waals surface area (Å²) in [5.41, 5.74) is 2.17. The van der Waals surface area contributed by atoms with Gasteiger partial charge in [-0.2, -0.15) is 0 Å². The lowest BCUT2D eigenvalue weighted by Crippen LogP contribution is -2.29. The second-order valence-electron chi connectivity index (χ2n) is 7.76. The third-order valence-electron chi connectivity index (χ3n) is 5.54. The van der Waals surface area contributed by atoms with Gasteiger partial charge in [0.2, 0.25) is 10.0 Å². The fourth-order valence-corrected chi connectivity index (χ4v) is 4.29. The molecular weight excluding hydrogens is 407 g/mol. The summed E-state index contributed by atoms with van der Waals surface area (Å²) in [5.74, 6) is 0.820. The van der Waals surface area contributed by atoms with Crippen LogP contribution in [0.25, 0.3) is 0 Å². The van der Waals surface area contributed by atoms with E-state index in [0.717, 1.165) is 24.8 Å². The first-order valence-electron chi connectivity index (χ1n) is 10.0. The number of rotatable bonds is 9. The maximum absolute atomic E-state index is 13.6. The van der Waals surface area contributed by atoms with Crippen molar-refractivity contribution in [2.24, 2.45) is 5.14 Å². The van der Waals surface area contributed by atoms with Crippen LogP contribution in [-0.4, -0.2) is 38.9 Å². The third-order valence-corrected chi connectivity index (χ3v) is 6.32. The maximum Gasteiger partial charge on any atom is 0.210 e. The number of halogens is 1. The summed E-state index contributed by atoms with van der Waals surface area (Å²) in [6.45, 7) is 2.30. The van der Waals surface area contributed by atoms with E-state index in [9.17, 15) is 12.8 Å². The van der Waals surface area contributed by atoms with Crippen LogP contribution in [-0.2, 0) is 10.0 Å². The highest BCUT2D eigenvalue weighted by molar-refractivity contribution is 7.89. The summed E-state index contributed by atoms with van der Waals surface area (Å²) >= 11 is 0. The molecule has 164 valence electrons. The number of benzene rings is 1. The van der Waals surface area contributed by atoms with E-state index in [-0.39, 0.29) is 29.9 Å². The Bertz CT molecular complexity index is 953. The van der Waals surface area contributed by atoms with Crippen LogP contribution in [0.15, 0.2) is 36.5 Å². The summed E-state index contributed by atoms with van der Waals surface area (Å²) in [6.07, 6.45) is 4.97. The van der Waals surface area contributed by atoms with Crippen molar-refractivity contribution < 1.29 is 17.5 Å². The van der Waals surface area contributed by atoms with Crippen LogP contribution in [0.1, 0.15) is 49.3 Å². The quantitative estimate of drug-likeness (QED) is 0.558. The Morgan fingerprint density at radius 1 is 1.30 bits per heavy atom. The van der Waals surface area contributed by atoms with E-state index >= 15 is 0 Å². The molecule has 9 heteroatoms. The molecule has 2 aromatic rings. The summed E-state index contributed by atoms with van der Waals surface area (Å²) in [4.78, 5) is 4.39.